The van der Waals surface area contributed by atoms with Crippen LogP contribution >= 0.6 is 11.6 Å². The number of carbonyl (C=O) groups excluding carboxylic acids is 2. The third kappa shape index (κ3) is 7.64. The molecule has 0 fully saturated rings. The van der Waals surface area contributed by atoms with Gasteiger partial charge in [-0.3, -0.25) is 9.59 Å². The maximum atomic E-state index is 13.0. The summed E-state index contributed by atoms with van der Waals surface area (Å²) in [5, 5.41) is -0.0642. The highest BCUT2D eigenvalue weighted by Crippen LogP contribution is 2.21. The van der Waals surface area contributed by atoms with E-state index in [0.29, 0.717) is 18.7 Å². The molecule has 1 aromatic carbocycles. The highest BCUT2D eigenvalue weighted by molar-refractivity contribution is 6.30. The van der Waals surface area contributed by atoms with Gasteiger partial charge in [-0.15, -0.1) is 0 Å². The predicted octanol–water partition coefficient (Wildman–Crippen LogP) is 3.44. The summed E-state index contributed by atoms with van der Waals surface area (Å²) >= 11 is 5.64. The Labute approximate surface area is 146 Å². The van der Waals surface area contributed by atoms with Gasteiger partial charge < -0.3 is 14.4 Å². The molecule has 0 unspecified atom stereocenters. The van der Waals surface area contributed by atoms with Crippen LogP contribution in [0.2, 0.25) is 5.02 Å². The molecular formula is C17H23ClFNO4. The van der Waals surface area contributed by atoms with Gasteiger partial charge in [0.25, 0.3) is 5.91 Å². The molecule has 0 aliphatic rings. The van der Waals surface area contributed by atoms with Crippen molar-refractivity contribution in [3.05, 3.63) is 29.0 Å². The second kappa shape index (κ2) is 8.87. The Hall–Kier alpha value is -1.82. The average Bonchev–Trinajstić information content (AvgIpc) is 2.46. The van der Waals surface area contributed by atoms with E-state index in [0.717, 1.165) is 0 Å². The van der Waals surface area contributed by atoms with Gasteiger partial charge >= 0.3 is 5.97 Å². The summed E-state index contributed by atoms with van der Waals surface area (Å²) in [5.74, 6) is -0.772. The lowest BCUT2D eigenvalue weighted by Crippen LogP contribution is -2.32. The molecule has 0 aromatic heterocycles. The van der Waals surface area contributed by atoms with Crippen molar-refractivity contribution in [2.75, 3.05) is 20.2 Å². The highest BCUT2D eigenvalue weighted by Gasteiger charge is 2.16. The maximum Gasteiger partial charge on any atom is 0.306 e. The molecule has 0 spiro atoms. The van der Waals surface area contributed by atoms with E-state index in [2.05, 4.69) is 0 Å². The van der Waals surface area contributed by atoms with E-state index in [-0.39, 0.29) is 29.9 Å². The molecule has 24 heavy (non-hydrogen) atoms. The Bertz CT molecular complexity index is 586. The SMILES string of the molecule is CN(CCCC(=O)OC(C)(C)C)C(=O)COc1ccc(F)c(Cl)c1. The van der Waals surface area contributed by atoms with Crippen LogP contribution in [0, 0.1) is 5.82 Å². The van der Waals surface area contributed by atoms with Crippen molar-refractivity contribution in [1.29, 1.82) is 0 Å². The van der Waals surface area contributed by atoms with Crippen LogP contribution in [0.1, 0.15) is 33.6 Å². The predicted molar refractivity (Wildman–Crippen MR) is 89.6 cm³/mol. The summed E-state index contributed by atoms with van der Waals surface area (Å²) in [5.41, 5.74) is -0.511. The van der Waals surface area contributed by atoms with E-state index in [1.54, 1.807) is 27.8 Å². The molecule has 5 nitrogen and oxygen atoms in total. The molecule has 0 bridgehead atoms. The Balaban J connectivity index is 2.32. The highest BCUT2D eigenvalue weighted by atomic mass is 35.5. The number of benzene rings is 1. The topological polar surface area (TPSA) is 55.8 Å². The van der Waals surface area contributed by atoms with Crippen molar-refractivity contribution in [3.8, 4) is 5.75 Å². The molecule has 0 N–H and O–H groups in total. The number of halogens is 2. The number of hydrogen-bond acceptors (Lipinski definition) is 4. The maximum absolute atomic E-state index is 13.0. The zero-order valence-electron chi connectivity index (χ0n) is 14.4. The number of carbonyl (C=O) groups is 2. The third-order valence-electron chi connectivity index (χ3n) is 2.97. The molecule has 0 saturated carbocycles. The number of hydrogen-bond donors (Lipinski definition) is 0. The Morgan fingerprint density at radius 2 is 1.96 bits per heavy atom. The van der Waals surface area contributed by atoms with Gasteiger partial charge in [0.2, 0.25) is 0 Å². The van der Waals surface area contributed by atoms with Crippen LogP contribution in [0.25, 0.3) is 0 Å². The molecule has 0 saturated heterocycles. The standard InChI is InChI=1S/C17H23ClFNO4/c1-17(2,3)24-16(22)6-5-9-20(4)15(21)11-23-12-7-8-14(19)13(18)10-12/h7-8,10H,5-6,9,11H2,1-4H3. The van der Waals surface area contributed by atoms with E-state index in [1.165, 1.54) is 23.1 Å². The summed E-state index contributed by atoms with van der Waals surface area (Å²) in [6, 6.07) is 3.89. The lowest BCUT2D eigenvalue weighted by atomic mass is 10.2. The second-order valence-corrected chi connectivity index (χ2v) is 6.78. The van der Waals surface area contributed by atoms with Crippen LogP contribution in [0.4, 0.5) is 4.39 Å². The van der Waals surface area contributed by atoms with Gasteiger partial charge in [-0.25, -0.2) is 4.39 Å². The molecule has 0 radical (unpaired) electrons. The van der Waals surface area contributed by atoms with Gasteiger partial charge in [0.05, 0.1) is 5.02 Å². The van der Waals surface area contributed by atoms with Crippen LogP contribution < -0.4 is 4.74 Å². The van der Waals surface area contributed by atoms with Gasteiger partial charge in [0.1, 0.15) is 17.2 Å². The minimum Gasteiger partial charge on any atom is -0.484 e. The monoisotopic (exact) mass is 359 g/mol. The summed E-state index contributed by atoms with van der Waals surface area (Å²) < 4.78 is 23.5. The number of likely N-dealkylation sites (N-methyl/N-ethyl adjacent to an activating group) is 1. The van der Waals surface area contributed by atoms with Crippen molar-refractivity contribution in [1.82, 2.24) is 4.90 Å². The first kappa shape index (κ1) is 20.2. The van der Waals surface area contributed by atoms with E-state index in [1.807, 2.05) is 0 Å². The second-order valence-electron chi connectivity index (χ2n) is 6.37. The Kier molecular flexibility index (Phi) is 7.48. The molecule has 1 aromatic rings. The van der Waals surface area contributed by atoms with E-state index < -0.39 is 11.4 Å². The number of rotatable bonds is 7. The lowest BCUT2D eigenvalue weighted by Gasteiger charge is -2.20. The molecule has 1 amide bonds. The van der Waals surface area contributed by atoms with Gasteiger partial charge in [-0.2, -0.15) is 0 Å². The lowest BCUT2D eigenvalue weighted by molar-refractivity contribution is -0.155. The fraction of sp³-hybridized carbons (Fsp3) is 0.529. The van der Waals surface area contributed by atoms with Crippen molar-refractivity contribution in [2.24, 2.45) is 0 Å². The fourth-order valence-electron chi connectivity index (χ4n) is 1.80. The summed E-state index contributed by atoms with van der Waals surface area (Å²) in [6.45, 7) is 5.63. The molecule has 1 rings (SSSR count). The van der Waals surface area contributed by atoms with Gasteiger partial charge in [0, 0.05) is 26.1 Å². The van der Waals surface area contributed by atoms with Crippen LogP contribution in [-0.4, -0.2) is 42.6 Å². The molecule has 7 heteroatoms. The molecule has 0 atom stereocenters. The summed E-state index contributed by atoms with van der Waals surface area (Å²) in [6.07, 6.45) is 0.739. The van der Waals surface area contributed by atoms with Crippen molar-refractivity contribution < 1.29 is 23.5 Å². The number of esters is 1. The van der Waals surface area contributed by atoms with Crippen molar-refractivity contribution in [2.45, 2.75) is 39.2 Å². The molecule has 0 aliphatic carbocycles. The summed E-state index contributed by atoms with van der Waals surface area (Å²) in [7, 11) is 1.62. The van der Waals surface area contributed by atoms with Gasteiger partial charge in [-0.05, 0) is 39.3 Å². The first-order valence-electron chi connectivity index (χ1n) is 7.62. The van der Waals surface area contributed by atoms with Gasteiger partial charge in [-0.1, -0.05) is 11.6 Å². The normalized spacial score (nSPS) is 11.1. The number of nitrogens with zero attached hydrogens (tertiary/aromatic N) is 1. The zero-order valence-corrected chi connectivity index (χ0v) is 15.2. The largest absolute Gasteiger partial charge is 0.484 e. The Morgan fingerprint density at radius 1 is 1.29 bits per heavy atom. The van der Waals surface area contributed by atoms with E-state index >= 15 is 0 Å². The number of amides is 1. The smallest absolute Gasteiger partial charge is 0.306 e. The minimum absolute atomic E-state index is 0.0642. The molecule has 0 aliphatic heterocycles. The molecular weight excluding hydrogens is 337 g/mol. The van der Waals surface area contributed by atoms with Crippen LogP contribution in [0.5, 0.6) is 5.75 Å². The molecule has 134 valence electrons. The van der Waals surface area contributed by atoms with Crippen LogP contribution in [-0.2, 0) is 14.3 Å². The van der Waals surface area contributed by atoms with Crippen LogP contribution in [0.3, 0.4) is 0 Å². The van der Waals surface area contributed by atoms with Gasteiger partial charge in [0.15, 0.2) is 6.61 Å². The fourth-order valence-corrected chi connectivity index (χ4v) is 1.97. The number of ether oxygens (including phenoxy) is 2. The van der Waals surface area contributed by atoms with Crippen molar-refractivity contribution >= 4 is 23.5 Å². The summed E-state index contributed by atoms with van der Waals surface area (Å²) in [4.78, 5) is 25.0. The average molecular weight is 360 g/mol. The Morgan fingerprint density at radius 3 is 2.54 bits per heavy atom. The first-order valence-corrected chi connectivity index (χ1v) is 8.00. The minimum atomic E-state index is -0.547. The zero-order chi connectivity index (χ0) is 18.3. The van der Waals surface area contributed by atoms with Crippen LogP contribution in [0.15, 0.2) is 18.2 Å². The van der Waals surface area contributed by atoms with E-state index in [4.69, 9.17) is 21.1 Å². The third-order valence-corrected chi connectivity index (χ3v) is 3.26. The van der Waals surface area contributed by atoms with Crippen molar-refractivity contribution in [3.63, 3.8) is 0 Å². The van der Waals surface area contributed by atoms with E-state index in [9.17, 15) is 14.0 Å². The first-order chi connectivity index (χ1) is 11.1. The quantitative estimate of drug-likeness (QED) is 0.700. The molecule has 0 heterocycles.